The third-order valence-electron chi connectivity index (χ3n) is 2.26. The van der Waals surface area contributed by atoms with Gasteiger partial charge in [0.15, 0.2) is 0 Å². The molecular formula is C13H14ClNO5. The number of rotatable bonds is 6. The number of ether oxygens (including phenoxy) is 2. The topological polar surface area (TPSA) is 78.7 Å². The fourth-order valence-electron chi connectivity index (χ4n) is 1.46. The standard InChI is InChI=1S/C13H14ClNO5/c1-3-19-12-7-9(5-6-13(16)20-4-2)11(15(17)18)8-10(12)14/h5-8H,3-4H2,1-2H3/b6-5+. The van der Waals surface area contributed by atoms with Crippen LogP contribution in [0.4, 0.5) is 5.69 Å². The van der Waals surface area contributed by atoms with E-state index >= 15 is 0 Å². The van der Waals surface area contributed by atoms with Gasteiger partial charge in [-0.25, -0.2) is 4.79 Å². The van der Waals surface area contributed by atoms with Gasteiger partial charge in [0, 0.05) is 12.1 Å². The fraction of sp³-hybridized carbons (Fsp3) is 0.308. The van der Waals surface area contributed by atoms with Crippen molar-refractivity contribution < 1.29 is 19.2 Å². The normalized spacial score (nSPS) is 10.6. The molecule has 0 aliphatic heterocycles. The summed E-state index contributed by atoms with van der Waals surface area (Å²) in [6.07, 6.45) is 2.42. The molecule has 6 nitrogen and oxygen atoms in total. The van der Waals surface area contributed by atoms with Gasteiger partial charge >= 0.3 is 5.97 Å². The first-order valence-corrected chi connectivity index (χ1v) is 6.33. The molecule has 0 aromatic heterocycles. The average Bonchev–Trinajstić information content (AvgIpc) is 2.39. The van der Waals surface area contributed by atoms with Crippen LogP contribution < -0.4 is 4.74 Å². The minimum Gasteiger partial charge on any atom is -0.492 e. The van der Waals surface area contributed by atoms with Gasteiger partial charge in [-0.15, -0.1) is 0 Å². The minimum atomic E-state index is -0.577. The van der Waals surface area contributed by atoms with Crippen LogP contribution >= 0.6 is 11.6 Å². The van der Waals surface area contributed by atoms with E-state index in [0.717, 1.165) is 6.08 Å². The van der Waals surface area contributed by atoms with Crippen molar-refractivity contribution >= 4 is 29.3 Å². The number of halogens is 1. The molecule has 0 heterocycles. The number of carbonyl (C=O) groups is 1. The van der Waals surface area contributed by atoms with E-state index < -0.39 is 10.9 Å². The number of nitro benzene ring substituents is 1. The van der Waals surface area contributed by atoms with Crippen LogP contribution in [0.1, 0.15) is 19.4 Å². The predicted octanol–water partition coefficient (Wildman–Crippen LogP) is 3.22. The van der Waals surface area contributed by atoms with E-state index in [-0.39, 0.29) is 22.9 Å². The molecule has 0 aliphatic carbocycles. The summed E-state index contributed by atoms with van der Waals surface area (Å²) < 4.78 is 9.97. The molecule has 1 aromatic rings. The van der Waals surface area contributed by atoms with Crippen molar-refractivity contribution in [2.24, 2.45) is 0 Å². The second-order valence-electron chi connectivity index (χ2n) is 3.62. The van der Waals surface area contributed by atoms with Gasteiger partial charge in [-0.3, -0.25) is 10.1 Å². The van der Waals surface area contributed by atoms with Crippen LogP contribution in [0.2, 0.25) is 5.02 Å². The summed E-state index contributed by atoms with van der Waals surface area (Å²) in [7, 11) is 0. The highest BCUT2D eigenvalue weighted by Crippen LogP contribution is 2.33. The molecule has 0 bridgehead atoms. The first-order chi connectivity index (χ1) is 9.49. The summed E-state index contributed by atoms with van der Waals surface area (Å²) in [5.41, 5.74) is 0.00917. The molecule has 1 aromatic carbocycles. The van der Waals surface area contributed by atoms with Crippen molar-refractivity contribution in [3.05, 3.63) is 38.9 Å². The molecule has 0 radical (unpaired) electrons. The Morgan fingerprint density at radius 2 is 2.10 bits per heavy atom. The molecule has 20 heavy (non-hydrogen) atoms. The van der Waals surface area contributed by atoms with E-state index in [2.05, 4.69) is 0 Å². The molecule has 7 heteroatoms. The Labute approximate surface area is 121 Å². The molecule has 0 saturated carbocycles. The van der Waals surface area contributed by atoms with Gasteiger partial charge in [-0.2, -0.15) is 0 Å². The second kappa shape index (κ2) is 7.49. The van der Waals surface area contributed by atoms with Gasteiger partial charge in [0.25, 0.3) is 5.69 Å². The van der Waals surface area contributed by atoms with Crippen LogP contribution in [0.3, 0.4) is 0 Å². The molecule has 0 fully saturated rings. The van der Waals surface area contributed by atoms with Gasteiger partial charge in [0.1, 0.15) is 5.75 Å². The second-order valence-corrected chi connectivity index (χ2v) is 4.02. The van der Waals surface area contributed by atoms with E-state index in [0.29, 0.717) is 12.4 Å². The quantitative estimate of drug-likeness (QED) is 0.349. The zero-order chi connectivity index (χ0) is 15.1. The molecule has 0 aliphatic rings. The van der Waals surface area contributed by atoms with Crippen LogP contribution in [-0.2, 0) is 9.53 Å². The van der Waals surface area contributed by atoms with Gasteiger partial charge in [-0.05, 0) is 26.0 Å². The van der Waals surface area contributed by atoms with Crippen molar-refractivity contribution in [1.29, 1.82) is 0 Å². The Morgan fingerprint density at radius 3 is 2.65 bits per heavy atom. The third kappa shape index (κ3) is 4.24. The molecule has 0 N–H and O–H groups in total. The van der Waals surface area contributed by atoms with Gasteiger partial charge in [0.05, 0.1) is 28.7 Å². The van der Waals surface area contributed by atoms with E-state index in [9.17, 15) is 14.9 Å². The number of hydrogen-bond donors (Lipinski definition) is 0. The Hall–Kier alpha value is -2.08. The largest absolute Gasteiger partial charge is 0.492 e. The highest BCUT2D eigenvalue weighted by Gasteiger charge is 2.16. The summed E-state index contributed by atoms with van der Waals surface area (Å²) in [4.78, 5) is 21.6. The number of esters is 1. The van der Waals surface area contributed by atoms with E-state index in [1.165, 1.54) is 18.2 Å². The lowest BCUT2D eigenvalue weighted by molar-refractivity contribution is -0.385. The summed E-state index contributed by atoms with van der Waals surface area (Å²) in [5, 5.41) is 11.1. The van der Waals surface area contributed by atoms with Crippen molar-refractivity contribution in [2.45, 2.75) is 13.8 Å². The zero-order valence-electron chi connectivity index (χ0n) is 11.1. The average molecular weight is 300 g/mol. The van der Waals surface area contributed by atoms with Crippen LogP contribution in [0.25, 0.3) is 6.08 Å². The van der Waals surface area contributed by atoms with E-state index in [1.807, 2.05) is 0 Å². The monoisotopic (exact) mass is 299 g/mol. The molecule has 0 atom stereocenters. The molecular weight excluding hydrogens is 286 g/mol. The number of benzene rings is 1. The number of nitrogens with zero attached hydrogens (tertiary/aromatic N) is 1. The number of hydrogen-bond acceptors (Lipinski definition) is 5. The van der Waals surface area contributed by atoms with E-state index in [1.54, 1.807) is 13.8 Å². The highest BCUT2D eigenvalue weighted by atomic mass is 35.5. The molecule has 1 rings (SSSR count). The Bertz CT molecular complexity index is 542. The van der Waals surface area contributed by atoms with Gasteiger partial charge in [0.2, 0.25) is 0 Å². The van der Waals surface area contributed by atoms with Crippen molar-refractivity contribution in [3.63, 3.8) is 0 Å². The molecule has 0 spiro atoms. The zero-order valence-corrected chi connectivity index (χ0v) is 11.8. The summed E-state index contributed by atoms with van der Waals surface area (Å²) in [6.45, 7) is 4.05. The Morgan fingerprint density at radius 1 is 1.40 bits per heavy atom. The van der Waals surface area contributed by atoms with Crippen molar-refractivity contribution in [2.75, 3.05) is 13.2 Å². The smallest absolute Gasteiger partial charge is 0.330 e. The summed E-state index contributed by atoms with van der Waals surface area (Å²) >= 11 is 5.89. The number of carbonyl (C=O) groups excluding carboxylic acids is 1. The molecule has 108 valence electrons. The maximum atomic E-state index is 11.2. The lowest BCUT2D eigenvalue weighted by Crippen LogP contribution is -2.00. The highest BCUT2D eigenvalue weighted by molar-refractivity contribution is 6.32. The van der Waals surface area contributed by atoms with Crippen molar-refractivity contribution in [1.82, 2.24) is 0 Å². The Kier molecular flexibility index (Phi) is 5.99. The molecule has 0 amide bonds. The summed E-state index contributed by atoms with van der Waals surface area (Å²) in [5.74, 6) is -0.252. The van der Waals surface area contributed by atoms with Crippen molar-refractivity contribution in [3.8, 4) is 5.75 Å². The SMILES string of the molecule is CCOC(=O)/C=C/c1cc(OCC)c(Cl)cc1[N+](=O)[O-]. The maximum absolute atomic E-state index is 11.2. The molecule has 0 saturated heterocycles. The lowest BCUT2D eigenvalue weighted by atomic mass is 10.1. The van der Waals surface area contributed by atoms with Crippen LogP contribution in [-0.4, -0.2) is 24.1 Å². The molecule has 0 unspecified atom stereocenters. The van der Waals surface area contributed by atoms with Gasteiger partial charge in [-0.1, -0.05) is 11.6 Å². The minimum absolute atomic E-state index is 0.145. The van der Waals surface area contributed by atoms with Gasteiger partial charge < -0.3 is 9.47 Å². The Balaban J connectivity index is 3.17. The number of nitro groups is 1. The first-order valence-electron chi connectivity index (χ1n) is 5.95. The predicted molar refractivity (Wildman–Crippen MR) is 74.9 cm³/mol. The van der Waals surface area contributed by atoms with Crippen LogP contribution in [0.15, 0.2) is 18.2 Å². The maximum Gasteiger partial charge on any atom is 0.330 e. The summed E-state index contributed by atoms with van der Waals surface area (Å²) in [6, 6.07) is 2.61. The van der Waals surface area contributed by atoms with Crippen LogP contribution in [0, 0.1) is 10.1 Å². The lowest BCUT2D eigenvalue weighted by Gasteiger charge is -2.07. The van der Waals surface area contributed by atoms with Crippen LogP contribution in [0.5, 0.6) is 5.75 Å². The van der Waals surface area contributed by atoms with E-state index in [4.69, 9.17) is 21.1 Å². The fourth-order valence-corrected chi connectivity index (χ4v) is 1.68. The first kappa shape index (κ1) is 16.0. The third-order valence-corrected chi connectivity index (χ3v) is 2.56.